The quantitative estimate of drug-likeness (QED) is 0.622. The summed E-state index contributed by atoms with van der Waals surface area (Å²) in [6.45, 7) is 1.65. The van der Waals surface area contributed by atoms with E-state index in [1.807, 2.05) is 6.07 Å². The molecule has 0 bridgehead atoms. The second-order valence-electron chi connectivity index (χ2n) is 6.47. The van der Waals surface area contributed by atoms with Gasteiger partial charge in [0.2, 0.25) is 0 Å². The molecule has 1 fully saturated rings. The van der Waals surface area contributed by atoms with Crippen LogP contribution in [0.1, 0.15) is 23.2 Å². The molecule has 0 unspecified atom stereocenters. The maximum absolute atomic E-state index is 12.9. The van der Waals surface area contributed by atoms with Gasteiger partial charge in [-0.1, -0.05) is 11.6 Å². The molecular formula is C17H19ClN8O. The number of pyridine rings is 1. The molecule has 5 N–H and O–H groups in total. The van der Waals surface area contributed by atoms with Gasteiger partial charge in [0.15, 0.2) is 11.5 Å². The summed E-state index contributed by atoms with van der Waals surface area (Å²) in [5.41, 5.74) is 14.0. The molecule has 0 aliphatic carbocycles. The zero-order valence-corrected chi connectivity index (χ0v) is 15.2. The minimum atomic E-state index is -0.403. The monoisotopic (exact) mass is 386 g/mol. The number of halogens is 1. The third-order valence-corrected chi connectivity index (χ3v) is 4.82. The third-order valence-electron chi connectivity index (χ3n) is 4.62. The van der Waals surface area contributed by atoms with Crippen LogP contribution in [0.15, 0.2) is 30.9 Å². The summed E-state index contributed by atoms with van der Waals surface area (Å²) in [6.07, 6.45) is 8.12. The van der Waals surface area contributed by atoms with Crippen molar-refractivity contribution in [3.8, 4) is 0 Å². The van der Waals surface area contributed by atoms with Crippen LogP contribution in [0.3, 0.4) is 0 Å². The molecule has 10 heteroatoms. The Hall–Kier alpha value is -2.91. The van der Waals surface area contributed by atoms with E-state index in [1.54, 1.807) is 18.6 Å². The first-order valence-electron chi connectivity index (χ1n) is 8.58. The topological polar surface area (TPSA) is 127 Å². The third kappa shape index (κ3) is 3.38. The fourth-order valence-corrected chi connectivity index (χ4v) is 3.37. The highest BCUT2D eigenvalue weighted by molar-refractivity contribution is 6.30. The van der Waals surface area contributed by atoms with Gasteiger partial charge in [-0.2, -0.15) is 0 Å². The van der Waals surface area contributed by atoms with E-state index in [1.165, 1.54) is 10.7 Å². The summed E-state index contributed by atoms with van der Waals surface area (Å²) >= 11 is 5.92. The Morgan fingerprint density at radius 2 is 2.07 bits per heavy atom. The number of rotatable bonds is 3. The highest BCUT2D eigenvalue weighted by Crippen LogP contribution is 2.28. The number of nitrogens with one attached hydrogen (secondary N) is 1. The molecule has 27 heavy (non-hydrogen) atoms. The highest BCUT2D eigenvalue weighted by atomic mass is 35.5. The second kappa shape index (κ2) is 7.01. The van der Waals surface area contributed by atoms with Crippen molar-refractivity contribution in [2.45, 2.75) is 18.9 Å². The van der Waals surface area contributed by atoms with Crippen molar-refractivity contribution >= 4 is 40.3 Å². The number of nitrogens with zero attached hydrogens (tertiary/aromatic N) is 5. The molecule has 0 saturated carbocycles. The van der Waals surface area contributed by atoms with Crippen LogP contribution in [0, 0.1) is 0 Å². The van der Waals surface area contributed by atoms with Gasteiger partial charge in [-0.25, -0.2) is 9.50 Å². The Kier molecular flexibility index (Phi) is 4.54. The standard InChI is InChI=1S/C17H19ClN8O/c18-10-7-22-16-14(15(20)24-26(16)9-10)17(27)23-12-8-21-4-1-13(12)25-5-2-11(19)3-6-25/h1,4,7-9,11H,2-3,5-6,19H2,(H2,20,24)(H,23,27). The average molecular weight is 387 g/mol. The van der Waals surface area contributed by atoms with Crippen molar-refractivity contribution in [1.82, 2.24) is 19.6 Å². The zero-order chi connectivity index (χ0) is 19.0. The Labute approximate surface area is 160 Å². The highest BCUT2D eigenvalue weighted by Gasteiger charge is 2.23. The predicted molar refractivity (Wildman–Crippen MR) is 104 cm³/mol. The molecule has 140 valence electrons. The van der Waals surface area contributed by atoms with Crippen molar-refractivity contribution in [2.24, 2.45) is 5.73 Å². The van der Waals surface area contributed by atoms with E-state index in [0.717, 1.165) is 31.6 Å². The van der Waals surface area contributed by atoms with E-state index in [-0.39, 0.29) is 17.4 Å². The molecule has 0 radical (unpaired) electrons. The summed E-state index contributed by atoms with van der Waals surface area (Å²) in [7, 11) is 0. The molecule has 4 heterocycles. The fourth-order valence-electron chi connectivity index (χ4n) is 3.23. The molecule has 4 rings (SSSR count). The van der Waals surface area contributed by atoms with Crippen molar-refractivity contribution in [2.75, 3.05) is 29.0 Å². The maximum Gasteiger partial charge on any atom is 0.263 e. The van der Waals surface area contributed by atoms with Gasteiger partial charge >= 0.3 is 0 Å². The van der Waals surface area contributed by atoms with Gasteiger partial charge < -0.3 is 21.7 Å². The summed E-state index contributed by atoms with van der Waals surface area (Å²) in [5, 5.41) is 7.39. The molecule has 1 aliphatic rings. The Bertz CT molecular complexity index is 996. The molecule has 1 aliphatic heterocycles. The number of nitrogens with two attached hydrogens (primary N) is 2. The lowest BCUT2D eigenvalue weighted by Crippen LogP contribution is -2.40. The van der Waals surface area contributed by atoms with Gasteiger partial charge in [-0.15, -0.1) is 5.10 Å². The molecule has 0 aromatic carbocycles. The smallest absolute Gasteiger partial charge is 0.263 e. The van der Waals surface area contributed by atoms with E-state index in [9.17, 15) is 4.79 Å². The number of hydrogen-bond acceptors (Lipinski definition) is 7. The van der Waals surface area contributed by atoms with Crippen molar-refractivity contribution in [3.63, 3.8) is 0 Å². The van der Waals surface area contributed by atoms with Crippen molar-refractivity contribution < 1.29 is 4.79 Å². The normalized spacial score (nSPS) is 15.3. The van der Waals surface area contributed by atoms with Crippen molar-refractivity contribution in [3.05, 3.63) is 41.4 Å². The average Bonchev–Trinajstić information content (AvgIpc) is 2.98. The van der Waals surface area contributed by atoms with Crippen LogP contribution in [0.25, 0.3) is 5.65 Å². The zero-order valence-electron chi connectivity index (χ0n) is 14.5. The number of carbonyl (C=O) groups excluding carboxylic acids is 1. The first kappa shape index (κ1) is 17.5. The first-order valence-corrected chi connectivity index (χ1v) is 8.96. The van der Waals surface area contributed by atoms with Gasteiger partial charge in [0.25, 0.3) is 5.91 Å². The molecule has 3 aromatic heterocycles. The summed E-state index contributed by atoms with van der Waals surface area (Å²) in [5.74, 6) is -0.322. The Balaban J connectivity index is 1.64. The van der Waals surface area contributed by atoms with E-state index < -0.39 is 5.91 Å². The lowest BCUT2D eigenvalue weighted by Gasteiger charge is -2.33. The summed E-state index contributed by atoms with van der Waals surface area (Å²) in [4.78, 5) is 23.4. The van der Waals surface area contributed by atoms with Gasteiger partial charge in [0.1, 0.15) is 5.56 Å². The van der Waals surface area contributed by atoms with E-state index >= 15 is 0 Å². The molecular weight excluding hydrogens is 368 g/mol. The van der Waals surface area contributed by atoms with E-state index in [0.29, 0.717) is 16.4 Å². The number of nitrogen functional groups attached to an aromatic ring is 1. The number of carbonyl (C=O) groups is 1. The fraction of sp³-hybridized carbons (Fsp3) is 0.294. The van der Waals surface area contributed by atoms with Gasteiger partial charge in [0.05, 0.1) is 28.8 Å². The number of aromatic nitrogens is 4. The molecule has 0 atom stereocenters. The largest absolute Gasteiger partial charge is 0.381 e. The second-order valence-corrected chi connectivity index (χ2v) is 6.91. The molecule has 1 amide bonds. The van der Waals surface area contributed by atoms with Gasteiger partial charge in [0, 0.05) is 31.5 Å². The molecule has 9 nitrogen and oxygen atoms in total. The predicted octanol–water partition coefficient (Wildman–Crippen LogP) is 1.54. The SMILES string of the molecule is Nc1nn2cc(Cl)cnc2c1C(=O)Nc1cnccc1N1CCC(N)CC1. The number of fused-ring (bicyclic) bond motifs is 1. The number of piperidine rings is 1. The van der Waals surface area contributed by atoms with Crippen LogP contribution >= 0.6 is 11.6 Å². The van der Waals surface area contributed by atoms with Crippen LogP contribution < -0.4 is 21.7 Å². The van der Waals surface area contributed by atoms with E-state index in [2.05, 4.69) is 25.3 Å². The van der Waals surface area contributed by atoms with Gasteiger partial charge in [-0.05, 0) is 18.9 Å². The van der Waals surface area contributed by atoms with Crippen LogP contribution in [-0.2, 0) is 0 Å². The lowest BCUT2D eigenvalue weighted by atomic mass is 10.1. The number of anilines is 3. The van der Waals surface area contributed by atoms with Crippen LogP contribution in [0.4, 0.5) is 17.2 Å². The summed E-state index contributed by atoms with van der Waals surface area (Å²) in [6, 6.07) is 2.10. The van der Waals surface area contributed by atoms with Crippen LogP contribution in [0.5, 0.6) is 0 Å². The molecule has 1 saturated heterocycles. The first-order chi connectivity index (χ1) is 13.0. The lowest BCUT2D eigenvalue weighted by molar-refractivity contribution is 0.102. The van der Waals surface area contributed by atoms with Crippen LogP contribution in [-0.4, -0.2) is 44.6 Å². The van der Waals surface area contributed by atoms with Crippen molar-refractivity contribution in [1.29, 1.82) is 0 Å². The number of amides is 1. The Morgan fingerprint density at radius 1 is 1.30 bits per heavy atom. The van der Waals surface area contributed by atoms with Crippen LogP contribution in [0.2, 0.25) is 5.02 Å². The minimum Gasteiger partial charge on any atom is -0.381 e. The number of hydrogen-bond donors (Lipinski definition) is 3. The molecule has 0 spiro atoms. The Morgan fingerprint density at radius 3 is 2.85 bits per heavy atom. The molecule has 3 aromatic rings. The maximum atomic E-state index is 12.9. The van der Waals surface area contributed by atoms with E-state index in [4.69, 9.17) is 23.1 Å². The minimum absolute atomic E-state index is 0.0802. The van der Waals surface area contributed by atoms with Gasteiger partial charge in [-0.3, -0.25) is 9.78 Å². The summed E-state index contributed by atoms with van der Waals surface area (Å²) < 4.78 is 1.39.